The smallest absolute Gasteiger partial charge is 0.287 e. The van der Waals surface area contributed by atoms with Gasteiger partial charge in [0.2, 0.25) is 5.91 Å². The Morgan fingerprint density at radius 2 is 2.00 bits per heavy atom. The third kappa shape index (κ3) is 5.13. The van der Waals surface area contributed by atoms with Gasteiger partial charge in [-0.3, -0.25) is 9.59 Å². The second-order valence-corrected chi connectivity index (χ2v) is 6.15. The summed E-state index contributed by atoms with van der Waals surface area (Å²) in [5.41, 5.74) is 0. The lowest BCUT2D eigenvalue weighted by atomic mass is 10.2. The molecule has 24 heavy (non-hydrogen) atoms. The standard InChI is InChI=1S/C17H19BrN2O4/c1-12(19-16(21)15-4-3-10-24-15)17(22)20(2)9-11-23-14-7-5-13(18)6-8-14/h3-8,10,12H,9,11H2,1-2H3,(H,19,21). The molecule has 1 aromatic heterocycles. The number of nitrogens with one attached hydrogen (secondary N) is 1. The Bertz CT molecular complexity index is 670. The van der Waals surface area contributed by atoms with Crippen LogP contribution in [0.15, 0.2) is 51.6 Å². The molecule has 0 aliphatic carbocycles. The number of hydrogen-bond acceptors (Lipinski definition) is 4. The first-order chi connectivity index (χ1) is 11.5. The lowest BCUT2D eigenvalue weighted by Crippen LogP contribution is -2.46. The molecule has 0 saturated carbocycles. The van der Waals surface area contributed by atoms with Crippen molar-refractivity contribution in [2.45, 2.75) is 13.0 Å². The minimum Gasteiger partial charge on any atom is -0.492 e. The Morgan fingerprint density at radius 3 is 2.62 bits per heavy atom. The van der Waals surface area contributed by atoms with Gasteiger partial charge >= 0.3 is 0 Å². The van der Waals surface area contributed by atoms with E-state index in [0.29, 0.717) is 13.2 Å². The average molecular weight is 395 g/mol. The largest absolute Gasteiger partial charge is 0.492 e. The zero-order chi connectivity index (χ0) is 17.5. The molecule has 128 valence electrons. The van der Waals surface area contributed by atoms with Gasteiger partial charge in [0.05, 0.1) is 12.8 Å². The second-order valence-electron chi connectivity index (χ2n) is 5.23. The number of rotatable bonds is 7. The Hall–Kier alpha value is -2.28. The van der Waals surface area contributed by atoms with Crippen LogP contribution in [0.3, 0.4) is 0 Å². The highest BCUT2D eigenvalue weighted by molar-refractivity contribution is 9.10. The van der Waals surface area contributed by atoms with Gasteiger partial charge in [-0.05, 0) is 43.3 Å². The van der Waals surface area contributed by atoms with Crippen molar-refractivity contribution in [1.82, 2.24) is 10.2 Å². The van der Waals surface area contributed by atoms with Gasteiger partial charge in [-0.15, -0.1) is 0 Å². The predicted octanol–water partition coefficient (Wildman–Crippen LogP) is 2.70. The summed E-state index contributed by atoms with van der Waals surface area (Å²) in [6.45, 7) is 2.41. The summed E-state index contributed by atoms with van der Waals surface area (Å²) in [7, 11) is 1.67. The van der Waals surface area contributed by atoms with E-state index in [1.165, 1.54) is 11.2 Å². The maximum atomic E-state index is 12.3. The normalized spacial score (nSPS) is 11.6. The number of nitrogens with zero attached hydrogens (tertiary/aromatic N) is 1. The summed E-state index contributed by atoms with van der Waals surface area (Å²) in [4.78, 5) is 25.6. The van der Waals surface area contributed by atoms with Gasteiger partial charge < -0.3 is 19.4 Å². The molecule has 0 spiro atoms. The summed E-state index contributed by atoms with van der Waals surface area (Å²) in [6.07, 6.45) is 1.41. The number of carbonyl (C=O) groups is 2. The molecule has 1 N–H and O–H groups in total. The van der Waals surface area contributed by atoms with E-state index in [0.717, 1.165) is 10.2 Å². The molecular weight excluding hydrogens is 376 g/mol. The van der Waals surface area contributed by atoms with Crippen LogP contribution in [0.2, 0.25) is 0 Å². The number of carbonyl (C=O) groups excluding carboxylic acids is 2. The topological polar surface area (TPSA) is 71.8 Å². The van der Waals surface area contributed by atoms with Crippen LogP contribution in [-0.2, 0) is 4.79 Å². The molecule has 0 saturated heterocycles. The summed E-state index contributed by atoms with van der Waals surface area (Å²) in [6, 6.07) is 9.97. The zero-order valence-corrected chi connectivity index (χ0v) is 15.1. The molecule has 7 heteroatoms. The fourth-order valence-electron chi connectivity index (χ4n) is 2.01. The molecule has 0 fully saturated rings. The molecule has 6 nitrogen and oxygen atoms in total. The maximum Gasteiger partial charge on any atom is 0.287 e. The van der Waals surface area contributed by atoms with Crippen LogP contribution in [0.25, 0.3) is 0 Å². The summed E-state index contributed by atoms with van der Waals surface area (Å²) in [5.74, 6) is 0.295. The van der Waals surface area contributed by atoms with Gasteiger partial charge in [0, 0.05) is 11.5 Å². The van der Waals surface area contributed by atoms with Gasteiger partial charge in [0.25, 0.3) is 5.91 Å². The van der Waals surface area contributed by atoms with E-state index < -0.39 is 11.9 Å². The van der Waals surface area contributed by atoms with Crippen molar-refractivity contribution in [1.29, 1.82) is 0 Å². The molecule has 0 radical (unpaired) electrons. The number of amides is 2. The van der Waals surface area contributed by atoms with E-state index in [-0.39, 0.29) is 11.7 Å². The lowest BCUT2D eigenvalue weighted by molar-refractivity contribution is -0.131. The molecular formula is C17H19BrN2O4. The minimum absolute atomic E-state index is 0.177. The molecule has 0 aliphatic rings. The van der Waals surface area contributed by atoms with Crippen LogP contribution in [0.1, 0.15) is 17.5 Å². The van der Waals surface area contributed by atoms with Gasteiger partial charge in [-0.25, -0.2) is 0 Å². The highest BCUT2D eigenvalue weighted by Crippen LogP contribution is 2.15. The van der Waals surface area contributed by atoms with Crippen molar-refractivity contribution >= 4 is 27.7 Å². The fourth-order valence-corrected chi connectivity index (χ4v) is 2.27. The van der Waals surface area contributed by atoms with E-state index in [2.05, 4.69) is 21.2 Å². The molecule has 0 aliphatic heterocycles. The zero-order valence-electron chi connectivity index (χ0n) is 13.5. The minimum atomic E-state index is -0.653. The van der Waals surface area contributed by atoms with Crippen molar-refractivity contribution in [3.8, 4) is 5.75 Å². The summed E-state index contributed by atoms with van der Waals surface area (Å²) in [5, 5.41) is 2.61. The molecule has 1 unspecified atom stereocenters. The van der Waals surface area contributed by atoms with Crippen LogP contribution in [0.4, 0.5) is 0 Å². The highest BCUT2D eigenvalue weighted by atomic mass is 79.9. The Kier molecular flexibility index (Phi) is 6.43. The van der Waals surface area contributed by atoms with Crippen LogP contribution < -0.4 is 10.1 Å². The van der Waals surface area contributed by atoms with Gasteiger partial charge in [-0.1, -0.05) is 15.9 Å². The van der Waals surface area contributed by atoms with E-state index in [9.17, 15) is 9.59 Å². The lowest BCUT2D eigenvalue weighted by Gasteiger charge is -2.22. The molecule has 2 amide bonds. The van der Waals surface area contributed by atoms with Gasteiger partial charge in [-0.2, -0.15) is 0 Å². The number of hydrogen-bond donors (Lipinski definition) is 1. The van der Waals surface area contributed by atoms with Gasteiger partial charge in [0.1, 0.15) is 18.4 Å². The summed E-state index contributed by atoms with van der Waals surface area (Å²) >= 11 is 3.36. The Labute approximate surface area is 148 Å². The SMILES string of the molecule is CC(NC(=O)c1ccco1)C(=O)N(C)CCOc1ccc(Br)cc1. The number of furan rings is 1. The van der Waals surface area contributed by atoms with E-state index >= 15 is 0 Å². The predicted molar refractivity (Wildman–Crippen MR) is 92.9 cm³/mol. The van der Waals surface area contributed by atoms with E-state index in [1.807, 2.05) is 24.3 Å². The maximum absolute atomic E-state index is 12.3. The third-order valence-corrected chi connectivity index (χ3v) is 3.88. The number of benzene rings is 1. The average Bonchev–Trinajstić information content (AvgIpc) is 3.10. The second kappa shape index (κ2) is 8.54. The summed E-state index contributed by atoms with van der Waals surface area (Å²) < 4.78 is 11.6. The molecule has 0 bridgehead atoms. The third-order valence-electron chi connectivity index (χ3n) is 3.35. The van der Waals surface area contributed by atoms with Crippen LogP contribution in [0, 0.1) is 0 Å². The molecule has 1 atom stereocenters. The van der Waals surface area contributed by atoms with E-state index in [1.54, 1.807) is 26.1 Å². The number of likely N-dealkylation sites (N-methyl/N-ethyl adjacent to an activating group) is 1. The molecule has 1 aromatic carbocycles. The van der Waals surface area contributed by atoms with Crippen LogP contribution >= 0.6 is 15.9 Å². The first-order valence-electron chi connectivity index (χ1n) is 7.45. The number of ether oxygens (including phenoxy) is 1. The monoisotopic (exact) mass is 394 g/mol. The quantitative estimate of drug-likeness (QED) is 0.783. The fraction of sp³-hybridized carbons (Fsp3) is 0.294. The van der Waals surface area contributed by atoms with Crippen molar-refractivity contribution in [2.24, 2.45) is 0 Å². The van der Waals surface area contributed by atoms with Gasteiger partial charge in [0.15, 0.2) is 5.76 Å². The molecule has 2 aromatic rings. The highest BCUT2D eigenvalue weighted by Gasteiger charge is 2.21. The van der Waals surface area contributed by atoms with Crippen LogP contribution in [-0.4, -0.2) is 43.0 Å². The molecule has 2 rings (SSSR count). The Balaban J connectivity index is 1.76. The Morgan fingerprint density at radius 1 is 1.29 bits per heavy atom. The van der Waals surface area contributed by atoms with Crippen molar-refractivity contribution in [3.63, 3.8) is 0 Å². The van der Waals surface area contributed by atoms with Crippen molar-refractivity contribution in [3.05, 3.63) is 52.9 Å². The van der Waals surface area contributed by atoms with Crippen molar-refractivity contribution < 1.29 is 18.7 Å². The van der Waals surface area contributed by atoms with Crippen LogP contribution in [0.5, 0.6) is 5.75 Å². The molecule has 1 heterocycles. The van der Waals surface area contributed by atoms with Crippen molar-refractivity contribution in [2.75, 3.05) is 20.2 Å². The first-order valence-corrected chi connectivity index (χ1v) is 8.24. The first kappa shape index (κ1) is 18.1. The number of halogens is 1. The van der Waals surface area contributed by atoms with E-state index in [4.69, 9.17) is 9.15 Å².